The normalized spacial score (nSPS) is 37.8. The van der Waals surface area contributed by atoms with E-state index in [-0.39, 0.29) is 6.10 Å². The number of nitrogens with two attached hydrogens (primary N) is 1. The van der Waals surface area contributed by atoms with E-state index in [1.807, 2.05) is 0 Å². The number of ether oxygens (including phenoxy) is 2. The van der Waals surface area contributed by atoms with Crippen molar-refractivity contribution in [2.75, 3.05) is 19.7 Å². The number of nitrogens with zero attached hydrogens (tertiary/aromatic N) is 1. The van der Waals surface area contributed by atoms with Gasteiger partial charge in [-0.3, -0.25) is 4.90 Å². The number of rotatable bonds is 5. The summed E-state index contributed by atoms with van der Waals surface area (Å²) >= 11 is 0. The van der Waals surface area contributed by atoms with E-state index in [0.717, 1.165) is 12.8 Å². The van der Waals surface area contributed by atoms with E-state index in [4.69, 9.17) is 15.2 Å². The summed E-state index contributed by atoms with van der Waals surface area (Å²) in [5.74, 6) is -0.401. The third kappa shape index (κ3) is 3.23. The molecule has 0 bridgehead atoms. The lowest BCUT2D eigenvalue weighted by Gasteiger charge is -2.33. The lowest BCUT2D eigenvalue weighted by atomic mass is 10.0. The van der Waals surface area contributed by atoms with Crippen LogP contribution in [0.1, 0.15) is 46.5 Å². The molecular weight excluding hydrogens is 228 g/mol. The summed E-state index contributed by atoms with van der Waals surface area (Å²) in [5, 5.41) is 0. The van der Waals surface area contributed by atoms with Crippen LogP contribution in [0.5, 0.6) is 0 Å². The van der Waals surface area contributed by atoms with Crippen LogP contribution in [-0.4, -0.2) is 48.6 Å². The van der Waals surface area contributed by atoms with Crippen LogP contribution in [0.3, 0.4) is 0 Å². The molecular formula is C14H28N2O2. The summed E-state index contributed by atoms with van der Waals surface area (Å²) < 4.78 is 11.9. The first-order valence-corrected chi connectivity index (χ1v) is 7.31. The molecule has 0 spiro atoms. The fourth-order valence-electron chi connectivity index (χ4n) is 3.31. The molecule has 2 heterocycles. The zero-order chi connectivity index (χ0) is 13.2. The highest BCUT2D eigenvalue weighted by Crippen LogP contribution is 2.34. The second-order valence-corrected chi connectivity index (χ2v) is 6.09. The number of likely N-dealkylation sites (tertiary alicyclic amines) is 1. The SMILES string of the molecule is CC(C)N1CCCC1CC1(C)OCC(CCN)O1. The van der Waals surface area contributed by atoms with Gasteiger partial charge in [0.25, 0.3) is 0 Å². The topological polar surface area (TPSA) is 47.7 Å². The van der Waals surface area contributed by atoms with Crippen molar-refractivity contribution in [1.82, 2.24) is 4.90 Å². The fourth-order valence-corrected chi connectivity index (χ4v) is 3.31. The molecule has 106 valence electrons. The Hall–Kier alpha value is -0.160. The second kappa shape index (κ2) is 5.87. The summed E-state index contributed by atoms with van der Waals surface area (Å²) in [4.78, 5) is 2.58. The van der Waals surface area contributed by atoms with Gasteiger partial charge in [0.05, 0.1) is 12.7 Å². The predicted molar refractivity (Wildman–Crippen MR) is 72.4 cm³/mol. The van der Waals surface area contributed by atoms with E-state index in [1.54, 1.807) is 0 Å². The molecule has 2 N–H and O–H groups in total. The zero-order valence-corrected chi connectivity index (χ0v) is 12.0. The Morgan fingerprint density at radius 3 is 2.89 bits per heavy atom. The molecule has 2 aliphatic heterocycles. The van der Waals surface area contributed by atoms with Gasteiger partial charge in [-0.1, -0.05) is 0 Å². The minimum absolute atomic E-state index is 0.189. The summed E-state index contributed by atoms with van der Waals surface area (Å²) in [6.45, 7) is 9.21. The van der Waals surface area contributed by atoms with Crippen LogP contribution >= 0.6 is 0 Å². The van der Waals surface area contributed by atoms with Gasteiger partial charge < -0.3 is 15.2 Å². The van der Waals surface area contributed by atoms with Crippen LogP contribution in [-0.2, 0) is 9.47 Å². The number of hydrogen-bond acceptors (Lipinski definition) is 4. The minimum Gasteiger partial charge on any atom is -0.347 e. The van der Waals surface area contributed by atoms with Crippen molar-refractivity contribution in [3.8, 4) is 0 Å². The van der Waals surface area contributed by atoms with Crippen LogP contribution in [0.25, 0.3) is 0 Å². The van der Waals surface area contributed by atoms with Crippen LogP contribution in [0.4, 0.5) is 0 Å². The van der Waals surface area contributed by atoms with E-state index in [2.05, 4.69) is 25.7 Å². The van der Waals surface area contributed by atoms with Gasteiger partial charge in [0, 0.05) is 18.5 Å². The van der Waals surface area contributed by atoms with E-state index in [1.165, 1.54) is 19.4 Å². The van der Waals surface area contributed by atoms with E-state index < -0.39 is 5.79 Å². The van der Waals surface area contributed by atoms with Crippen molar-refractivity contribution in [1.29, 1.82) is 0 Å². The maximum atomic E-state index is 6.05. The Morgan fingerprint density at radius 2 is 2.22 bits per heavy atom. The quantitative estimate of drug-likeness (QED) is 0.814. The van der Waals surface area contributed by atoms with E-state index >= 15 is 0 Å². The summed E-state index contributed by atoms with van der Waals surface area (Å²) in [6.07, 6.45) is 4.63. The molecule has 2 aliphatic rings. The molecule has 4 heteroatoms. The van der Waals surface area contributed by atoms with Gasteiger partial charge in [-0.05, 0) is 53.1 Å². The largest absolute Gasteiger partial charge is 0.347 e. The first-order valence-electron chi connectivity index (χ1n) is 7.31. The third-order valence-corrected chi connectivity index (χ3v) is 4.17. The Bertz CT molecular complexity index is 273. The van der Waals surface area contributed by atoms with E-state index in [9.17, 15) is 0 Å². The highest BCUT2D eigenvalue weighted by molar-refractivity contribution is 4.87. The maximum absolute atomic E-state index is 6.05. The van der Waals surface area contributed by atoms with Gasteiger partial charge in [0.15, 0.2) is 5.79 Å². The predicted octanol–water partition coefficient (Wildman–Crippen LogP) is 1.73. The van der Waals surface area contributed by atoms with Gasteiger partial charge in [0.1, 0.15) is 0 Å². The molecule has 0 aromatic rings. The molecule has 2 saturated heterocycles. The second-order valence-electron chi connectivity index (χ2n) is 6.09. The van der Waals surface area contributed by atoms with Crippen molar-refractivity contribution in [2.45, 2.75) is 70.4 Å². The summed E-state index contributed by atoms with van der Waals surface area (Å²) in [7, 11) is 0. The third-order valence-electron chi connectivity index (χ3n) is 4.17. The van der Waals surface area contributed by atoms with Crippen LogP contribution < -0.4 is 5.73 Å². The minimum atomic E-state index is -0.401. The van der Waals surface area contributed by atoms with Crippen LogP contribution in [0, 0.1) is 0 Å². The molecule has 0 radical (unpaired) electrons. The first-order chi connectivity index (χ1) is 8.54. The molecule has 4 nitrogen and oxygen atoms in total. The average Bonchev–Trinajstić information content (AvgIpc) is 2.87. The van der Waals surface area contributed by atoms with Crippen LogP contribution in [0.15, 0.2) is 0 Å². The zero-order valence-electron chi connectivity index (χ0n) is 12.0. The van der Waals surface area contributed by atoms with Gasteiger partial charge in [0.2, 0.25) is 0 Å². The lowest BCUT2D eigenvalue weighted by Crippen LogP contribution is -2.41. The molecule has 0 amide bonds. The fraction of sp³-hybridized carbons (Fsp3) is 1.00. The Labute approximate surface area is 111 Å². The molecule has 2 rings (SSSR count). The van der Waals surface area contributed by atoms with Crippen molar-refractivity contribution in [2.24, 2.45) is 5.73 Å². The van der Waals surface area contributed by atoms with Crippen molar-refractivity contribution < 1.29 is 9.47 Å². The molecule has 3 unspecified atom stereocenters. The monoisotopic (exact) mass is 256 g/mol. The Kier molecular flexibility index (Phi) is 4.64. The van der Waals surface area contributed by atoms with Crippen molar-refractivity contribution in [3.63, 3.8) is 0 Å². The van der Waals surface area contributed by atoms with Gasteiger partial charge >= 0.3 is 0 Å². The first kappa shape index (κ1) is 14.3. The van der Waals surface area contributed by atoms with Gasteiger partial charge in [-0.15, -0.1) is 0 Å². The standard InChI is InChI=1S/C14H28N2O2/c1-11(2)16-8-4-5-12(16)9-14(3)17-10-13(18-14)6-7-15/h11-13H,4-10,15H2,1-3H3. The molecule has 0 aliphatic carbocycles. The Balaban J connectivity index is 1.89. The molecule has 2 fully saturated rings. The average molecular weight is 256 g/mol. The van der Waals surface area contributed by atoms with E-state index in [0.29, 0.717) is 25.2 Å². The molecule has 0 saturated carbocycles. The van der Waals surface area contributed by atoms with Crippen molar-refractivity contribution in [3.05, 3.63) is 0 Å². The summed E-state index contributed by atoms with van der Waals surface area (Å²) in [6, 6.07) is 1.22. The maximum Gasteiger partial charge on any atom is 0.167 e. The van der Waals surface area contributed by atoms with Crippen molar-refractivity contribution >= 4 is 0 Å². The molecule has 3 atom stereocenters. The van der Waals surface area contributed by atoms with Crippen LogP contribution in [0.2, 0.25) is 0 Å². The summed E-state index contributed by atoms with van der Waals surface area (Å²) in [5.41, 5.74) is 5.58. The Morgan fingerprint density at radius 1 is 1.44 bits per heavy atom. The van der Waals surface area contributed by atoms with Gasteiger partial charge in [-0.2, -0.15) is 0 Å². The molecule has 0 aromatic carbocycles. The molecule has 0 aromatic heterocycles. The molecule has 18 heavy (non-hydrogen) atoms. The smallest absolute Gasteiger partial charge is 0.167 e. The highest BCUT2D eigenvalue weighted by atomic mass is 16.7. The highest BCUT2D eigenvalue weighted by Gasteiger charge is 2.41. The lowest BCUT2D eigenvalue weighted by molar-refractivity contribution is -0.167. The number of hydrogen-bond donors (Lipinski definition) is 1. The van der Waals surface area contributed by atoms with Gasteiger partial charge in [-0.25, -0.2) is 0 Å².